The Morgan fingerprint density at radius 3 is 2.79 bits per heavy atom. The molecule has 0 bridgehead atoms. The second kappa shape index (κ2) is 6.17. The average Bonchev–Trinajstić information content (AvgIpc) is 2.85. The highest BCUT2D eigenvalue weighted by molar-refractivity contribution is 7.09. The third kappa shape index (κ3) is 3.78. The van der Waals surface area contributed by atoms with Gasteiger partial charge < -0.3 is 5.73 Å². The highest BCUT2D eigenvalue weighted by Crippen LogP contribution is 2.18. The van der Waals surface area contributed by atoms with Gasteiger partial charge in [-0.05, 0) is 49.5 Å². The van der Waals surface area contributed by atoms with Crippen molar-refractivity contribution in [3.63, 3.8) is 0 Å². The van der Waals surface area contributed by atoms with E-state index in [1.165, 1.54) is 17.0 Å². The lowest BCUT2D eigenvalue weighted by Crippen LogP contribution is -2.30. The first-order valence-corrected chi connectivity index (χ1v) is 7.20. The molecule has 4 heteroatoms. The van der Waals surface area contributed by atoms with E-state index in [4.69, 9.17) is 5.73 Å². The fourth-order valence-electron chi connectivity index (χ4n) is 2.01. The third-order valence-electron chi connectivity index (χ3n) is 3.36. The number of halogens is 1. The zero-order valence-corrected chi connectivity index (χ0v) is 12.1. The summed E-state index contributed by atoms with van der Waals surface area (Å²) < 4.78 is 13.0. The summed E-state index contributed by atoms with van der Waals surface area (Å²) in [7, 11) is 2.07. The molecular weight excluding hydrogens is 259 g/mol. The minimum Gasteiger partial charge on any atom is -0.398 e. The van der Waals surface area contributed by atoms with Crippen LogP contribution in [-0.4, -0.2) is 18.0 Å². The molecule has 0 saturated carbocycles. The second-order valence-electron chi connectivity index (χ2n) is 4.89. The summed E-state index contributed by atoms with van der Waals surface area (Å²) in [5, 5.41) is 2.10. The Bertz CT molecular complexity index is 525. The summed E-state index contributed by atoms with van der Waals surface area (Å²) in [6.07, 6.45) is 1.02. The molecular formula is C15H19FN2S. The second-order valence-corrected chi connectivity index (χ2v) is 5.92. The Morgan fingerprint density at radius 2 is 2.16 bits per heavy atom. The number of thiophene rings is 1. The van der Waals surface area contributed by atoms with Crippen molar-refractivity contribution in [1.29, 1.82) is 0 Å². The average molecular weight is 278 g/mol. The summed E-state index contributed by atoms with van der Waals surface area (Å²) in [5.74, 6) is -0.282. The van der Waals surface area contributed by atoms with Gasteiger partial charge in [-0.15, -0.1) is 11.3 Å². The van der Waals surface area contributed by atoms with Crippen molar-refractivity contribution in [1.82, 2.24) is 4.90 Å². The standard InChI is InChI=1S/C15H19FN2S/c1-11(8-14-4-3-7-19-14)18(2)10-12-5-6-13(16)9-15(12)17/h3-7,9,11H,8,10,17H2,1-2H3. The number of rotatable bonds is 5. The predicted octanol–water partition coefficient (Wildman–Crippen LogP) is 3.53. The summed E-state index contributed by atoms with van der Waals surface area (Å²) in [4.78, 5) is 3.62. The highest BCUT2D eigenvalue weighted by Gasteiger charge is 2.12. The van der Waals surface area contributed by atoms with Crippen LogP contribution in [0, 0.1) is 5.82 Å². The van der Waals surface area contributed by atoms with Gasteiger partial charge in [0.2, 0.25) is 0 Å². The van der Waals surface area contributed by atoms with Gasteiger partial charge in [0.1, 0.15) is 5.82 Å². The van der Waals surface area contributed by atoms with Gasteiger partial charge in [-0.25, -0.2) is 4.39 Å². The molecule has 0 aliphatic heterocycles. The van der Waals surface area contributed by atoms with Crippen molar-refractivity contribution >= 4 is 17.0 Å². The first-order valence-electron chi connectivity index (χ1n) is 6.33. The minimum atomic E-state index is -0.282. The minimum absolute atomic E-state index is 0.282. The number of hydrogen-bond acceptors (Lipinski definition) is 3. The molecule has 1 atom stereocenters. The lowest BCUT2D eigenvalue weighted by atomic mass is 10.1. The molecule has 0 spiro atoms. The monoisotopic (exact) mass is 278 g/mol. The Labute approximate surface area is 117 Å². The molecule has 2 rings (SSSR count). The van der Waals surface area contributed by atoms with Gasteiger partial charge in [0, 0.05) is 23.2 Å². The van der Waals surface area contributed by atoms with Gasteiger partial charge in [0.05, 0.1) is 0 Å². The molecule has 1 aromatic heterocycles. The van der Waals surface area contributed by atoms with Crippen molar-refractivity contribution in [2.75, 3.05) is 12.8 Å². The van der Waals surface area contributed by atoms with Crippen molar-refractivity contribution in [3.8, 4) is 0 Å². The number of nitrogens with two attached hydrogens (primary N) is 1. The molecule has 2 aromatic rings. The Hall–Kier alpha value is -1.39. The highest BCUT2D eigenvalue weighted by atomic mass is 32.1. The van der Waals surface area contributed by atoms with E-state index in [1.54, 1.807) is 17.4 Å². The van der Waals surface area contributed by atoms with Crippen LogP contribution in [0.2, 0.25) is 0 Å². The van der Waals surface area contributed by atoms with Crippen LogP contribution in [0.25, 0.3) is 0 Å². The molecule has 2 N–H and O–H groups in total. The van der Waals surface area contributed by atoms with Crippen LogP contribution in [-0.2, 0) is 13.0 Å². The van der Waals surface area contributed by atoms with E-state index >= 15 is 0 Å². The number of nitrogen functional groups attached to an aromatic ring is 1. The van der Waals surface area contributed by atoms with E-state index in [1.807, 2.05) is 0 Å². The third-order valence-corrected chi connectivity index (χ3v) is 4.26. The van der Waals surface area contributed by atoms with E-state index in [0.29, 0.717) is 11.7 Å². The smallest absolute Gasteiger partial charge is 0.125 e. The first-order chi connectivity index (χ1) is 9.06. The van der Waals surface area contributed by atoms with Crippen LogP contribution >= 0.6 is 11.3 Å². The summed E-state index contributed by atoms with van der Waals surface area (Å²) >= 11 is 1.78. The topological polar surface area (TPSA) is 29.3 Å². The van der Waals surface area contributed by atoms with Crippen molar-refractivity contribution in [2.24, 2.45) is 0 Å². The largest absolute Gasteiger partial charge is 0.398 e. The van der Waals surface area contributed by atoms with Gasteiger partial charge >= 0.3 is 0 Å². The molecule has 102 valence electrons. The lowest BCUT2D eigenvalue weighted by Gasteiger charge is -2.25. The molecule has 0 aliphatic rings. The van der Waals surface area contributed by atoms with Crippen molar-refractivity contribution < 1.29 is 4.39 Å². The van der Waals surface area contributed by atoms with Crippen LogP contribution in [0.5, 0.6) is 0 Å². The molecule has 0 radical (unpaired) electrons. The van der Waals surface area contributed by atoms with Gasteiger partial charge in [0.15, 0.2) is 0 Å². The molecule has 0 saturated heterocycles. The zero-order chi connectivity index (χ0) is 13.8. The van der Waals surface area contributed by atoms with Gasteiger partial charge in [-0.2, -0.15) is 0 Å². The maximum atomic E-state index is 13.0. The molecule has 1 unspecified atom stereocenters. The van der Waals surface area contributed by atoms with E-state index in [2.05, 4.69) is 36.4 Å². The number of nitrogens with zero attached hydrogens (tertiary/aromatic N) is 1. The maximum Gasteiger partial charge on any atom is 0.125 e. The van der Waals surface area contributed by atoms with E-state index < -0.39 is 0 Å². The van der Waals surface area contributed by atoms with Gasteiger partial charge in [-0.1, -0.05) is 12.1 Å². The summed E-state index contributed by atoms with van der Waals surface area (Å²) in [5.41, 5.74) is 7.34. The van der Waals surface area contributed by atoms with Crippen LogP contribution in [0.1, 0.15) is 17.4 Å². The molecule has 19 heavy (non-hydrogen) atoms. The Balaban J connectivity index is 1.98. The molecule has 1 aromatic carbocycles. The van der Waals surface area contributed by atoms with Gasteiger partial charge in [-0.3, -0.25) is 4.90 Å². The first kappa shape index (κ1) is 14.0. The Kier molecular flexibility index (Phi) is 4.56. The lowest BCUT2D eigenvalue weighted by molar-refractivity contribution is 0.249. The number of anilines is 1. The SMILES string of the molecule is CC(Cc1cccs1)N(C)Cc1ccc(F)cc1N. The fraction of sp³-hybridized carbons (Fsp3) is 0.333. The Morgan fingerprint density at radius 1 is 1.37 bits per heavy atom. The number of likely N-dealkylation sites (N-methyl/N-ethyl adjacent to an activating group) is 1. The van der Waals surface area contributed by atoms with E-state index in [9.17, 15) is 4.39 Å². The maximum absolute atomic E-state index is 13.0. The van der Waals surface area contributed by atoms with Crippen LogP contribution in [0.3, 0.4) is 0 Å². The summed E-state index contributed by atoms with van der Waals surface area (Å²) in [6, 6.07) is 9.25. The van der Waals surface area contributed by atoms with Crippen LogP contribution in [0.15, 0.2) is 35.7 Å². The molecule has 0 amide bonds. The number of hydrogen-bond donors (Lipinski definition) is 1. The zero-order valence-electron chi connectivity index (χ0n) is 11.3. The van der Waals surface area contributed by atoms with Crippen molar-refractivity contribution in [3.05, 3.63) is 52.0 Å². The van der Waals surface area contributed by atoms with Gasteiger partial charge in [0.25, 0.3) is 0 Å². The quantitative estimate of drug-likeness (QED) is 0.848. The van der Waals surface area contributed by atoms with Crippen LogP contribution in [0.4, 0.5) is 10.1 Å². The normalized spacial score (nSPS) is 12.8. The molecule has 0 aliphatic carbocycles. The molecule has 0 fully saturated rings. The number of benzene rings is 1. The van der Waals surface area contributed by atoms with Crippen LogP contribution < -0.4 is 5.73 Å². The summed E-state index contributed by atoms with van der Waals surface area (Å²) in [6.45, 7) is 2.93. The van der Waals surface area contributed by atoms with Crippen molar-refractivity contribution in [2.45, 2.75) is 25.9 Å². The van der Waals surface area contributed by atoms with E-state index in [-0.39, 0.29) is 5.82 Å². The predicted molar refractivity (Wildman–Crippen MR) is 79.8 cm³/mol. The molecule has 2 nitrogen and oxygen atoms in total. The fourth-order valence-corrected chi connectivity index (χ4v) is 2.84. The van der Waals surface area contributed by atoms with E-state index in [0.717, 1.165) is 18.5 Å². The molecule has 1 heterocycles.